The van der Waals surface area contributed by atoms with Gasteiger partial charge in [-0.1, -0.05) is 13.3 Å². The molecule has 0 aliphatic carbocycles. The van der Waals surface area contributed by atoms with Crippen LogP contribution < -0.4 is 0 Å². The molecule has 1 aromatic carbocycles. The first-order valence-corrected chi connectivity index (χ1v) is 6.33. The molecule has 0 spiro atoms. The lowest BCUT2D eigenvalue weighted by Crippen LogP contribution is -2.34. The second-order valence-electron chi connectivity index (χ2n) is 4.25. The van der Waals surface area contributed by atoms with E-state index >= 15 is 0 Å². The number of carboxylic acid groups (broad SMARTS) is 1. The number of aliphatic hydroxyl groups is 1. The molecule has 5 nitrogen and oxygen atoms in total. The predicted molar refractivity (Wildman–Crippen MR) is 71.3 cm³/mol. The highest BCUT2D eigenvalue weighted by Crippen LogP contribution is 2.09. The Hall–Kier alpha value is -1.88. The van der Waals surface area contributed by atoms with E-state index in [1.807, 2.05) is 6.92 Å². The number of aromatic carboxylic acids is 1. The monoisotopic (exact) mass is 265 g/mol. The Morgan fingerprint density at radius 3 is 2.16 bits per heavy atom. The van der Waals surface area contributed by atoms with Crippen LogP contribution in [0.5, 0.6) is 0 Å². The van der Waals surface area contributed by atoms with Gasteiger partial charge in [0.2, 0.25) is 0 Å². The van der Waals surface area contributed by atoms with Gasteiger partial charge in [0.25, 0.3) is 5.91 Å². The number of nitrogens with zero attached hydrogens (tertiary/aromatic N) is 1. The fourth-order valence-corrected chi connectivity index (χ4v) is 1.72. The Labute approximate surface area is 112 Å². The molecule has 0 aliphatic heterocycles. The van der Waals surface area contributed by atoms with Crippen molar-refractivity contribution in [3.63, 3.8) is 0 Å². The summed E-state index contributed by atoms with van der Waals surface area (Å²) in [6.45, 7) is 2.84. The van der Waals surface area contributed by atoms with Crippen molar-refractivity contribution in [1.82, 2.24) is 4.90 Å². The normalized spacial score (nSPS) is 10.2. The van der Waals surface area contributed by atoms with E-state index < -0.39 is 5.97 Å². The zero-order valence-corrected chi connectivity index (χ0v) is 11.0. The predicted octanol–water partition coefficient (Wildman–Crippen LogP) is 1.62. The van der Waals surface area contributed by atoms with Gasteiger partial charge in [-0.05, 0) is 30.7 Å². The molecule has 1 rings (SSSR count). The quantitative estimate of drug-likeness (QED) is 0.785. The number of hydrogen-bond acceptors (Lipinski definition) is 3. The van der Waals surface area contributed by atoms with Crippen LogP contribution in [0.4, 0.5) is 0 Å². The number of unbranched alkanes of at least 4 members (excludes halogenated alkanes) is 1. The molecular formula is C14H19NO4. The van der Waals surface area contributed by atoms with Gasteiger partial charge in [-0.15, -0.1) is 0 Å². The molecule has 0 aliphatic rings. The van der Waals surface area contributed by atoms with Crippen molar-refractivity contribution < 1.29 is 19.8 Å². The van der Waals surface area contributed by atoms with Crippen LogP contribution in [-0.2, 0) is 0 Å². The van der Waals surface area contributed by atoms with E-state index in [1.54, 1.807) is 4.90 Å². The molecule has 0 fully saturated rings. The number of hydrogen-bond donors (Lipinski definition) is 2. The first kappa shape index (κ1) is 15.2. The van der Waals surface area contributed by atoms with Gasteiger partial charge in [0.1, 0.15) is 0 Å². The average molecular weight is 265 g/mol. The fraction of sp³-hybridized carbons (Fsp3) is 0.429. The molecule has 0 aromatic heterocycles. The van der Waals surface area contributed by atoms with Crippen molar-refractivity contribution in [2.24, 2.45) is 0 Å². The summed E-state index contributed by atoms with van der Waals surface area (Å²) in [5.41, 5.74) is 0.591. The number of amides is 1. The smallest absolute Gasteiger partial charge is 0.335 e. The summed E-state index contributed by atoms with van der Waals surface area (Å²) in [6, 6.07) is 5.82. The minimum atomic E-state index is -1.02. The lowest BCUT2D eigenvalue weighted by Gasteiger charge is -2.21. The number of benzene rings is 1. The first-order valence-electron chi connectivity index (χ1n) is 6.33. The van der Waals surface area contributed by atoms with Gasteiger partial charge < -0.3 is 15.1 Å². The van der Waals surface area contributed by atoms with E-state index in [4.69, 9.17) is 10.2 Å². The molecular weight excluding hydrogens is 246 g/mol. The Morgan fingerprint density at radius 1 is 1.11 bits per heavy atom. The standard InChI is InChI=1S/C14H19NO4/c1-2-3-8-15(9-10-16)13(17)11-4-6-12(7-5-11)14(18)19/h4-7,16H,2-3,8-10H2,1H3,(H,18,19). The van der Waals surface area contributed by atoms with Crippen LogP contribution in [0, 0.1) is 0 Å². The highest BCUT2D eigenvalue weighted by atomic mass is 16.4. The van der Waals surface area contributed by atoms with Gasteiger partial charge >= 0.3 is 5.97 Å². The third-order valence-electron chi connectivity index (χ3n) is 2.82. The second kappa shape index (κ2) is 7.53. The van der Waals surface area contributed by atoms with Crippen LogP contribution in [0.1, 0.15) is 40.5 Å². The summed E-state index contributed by atoms with van der Waals surface area (Å²) in [7, 11) is 0. The lowest BCUT2D eigenvalue weighted by molar-refractivity contribution is 0.0691. The number of carbonyl (C=O) groups excluding carboxylic acids is 1. The van der Waals surface area contributed by atoms with Crippen molar-refractivity contribution >= 4 is 11.9 Å². The summed E-state index contributed by atoms with van der Waals surface area (Å²) in [5.74, 6) is -1.20. The summed E-state index contributed by atoms with van der Waals surface area (Å²) in [4.78, 5) is 24.5. The summed E-state index contributed by atoms with van der Waals surface area (Å²) < 4.78 is 0. The molecule has 0 heterocycles. The van der Waals surface area contributed by atoms with Gasteiger partial charge in [-0.2, -0.15) is 0 Å². The fourth-order valence-electron chi connectivity index (χ4n) is 1.72. The van der Waals surface area contributed by atoms with Crippen LogP contribution >= 0.6 is 0 Å². The molecule has 2 N–H and O–H groups in total. The molecule has 19 heavy (non-hydrogen) atoms. The molecule has 0 bridgehead atoms. The highest BCUT2D eigenvalue weighted by molar-refractivity contribution is 5.95. The molecule has 0 saturated heterocycles. The van der Waals surface area contributed by atoms with Crippen molar-refractivity contribution in [2.45, 2.75) is 19.8 Å². The Kier molecular flexibility index (Phi) is 6.02. The maximum Gasteiger partial charge on any atom is 0.335 e. The summed E-state index contributed by atoms with van der Waals surface area (Å²) >= 11 is 0. The van der Waals surface area contributed by atoms with Crippen LogP contribution in [-0.4, -0.2) is 46.7 Å². The third-order valence-corrected chi connectivity index (χ3v) is 2.82. The van der Waals surface area contributed by atoms with Crippen molar-refractivity contribution in [3.05, 3.63) is 35.4 Å². The molecule has 1 amide bonds. The van der Waals surface area contributed by atoms with Crippen molar-refractivity contribution in [3.8, 4) is 0 Å². The number of carboxylic acids is 1. The maximum atomic E-state index is 12.2. The largest absolute Gasteiger partial charge is 0.478 e. The number of aliphatic hydroxyl groups excluding tert-OH is 1. The Balaban J connectivity index is 2.80. The van der Waals surface area contributed by atoms with Crippen molar-refractivity contribution in [2.75, 3.05) is 19.7 Å². The maximum absolute atomic E-state index is 12.2. The van der Waals surface area contributed by atoms with Gasteiger partial charge in [0.05, 0.1) is 12.2 Å². The average Bonchev–Trinajstić information content (AvgIpc) is 2.42. The lowest BCUT2D eigenvalue weighted by atomic mass is 10.1. The van der Waals surface area contributed by atoms with E-state index in [0.717, 1.165) is 12.8 Å². The van der Waals surface area contributed by atoms with Gasteiger partial charge in [-0.25, -0.2) is 4.79 Å². The number of rotatable bonds is 7. The van der Waals surface area contributed by atoms with E-state index in [-0.39, 0.29) is 18.1 Å². The van der Waals surface area contributed by atoms with E-state index in [0.29, 0.717) is 18.7 Å². The highest BCUT2D eigenvalue weighted by Gasteiger charge is 2.15. The van der Waals surface area contributed by atoms with Gasteiger partial charge in [-0.3, -0.25) is 4.79 Å². The molecule has 1 aromatic rings. The topological polar surface area (TPSA) is 77.8 Å². The van der Waals surface area contributed by atoms with E-state index in [1.165, 1.54) is 24.3 Å². The number of carbonyl (C=O) groups is 2. The minimum absolute atomic E-state index is 0.0807. The Morgan fingerprint density at radius 2 is 1.68 bits per heavy atom. The van der Waals surface area contributed by atoms with Crippen LogP contribution in [0.2, 0.25) is 0 Å². The second-order valence-corrected chi connectivity index (χ2v) is 4.25. The molecule has 0 radical (unpaired) electrons. The molecule has 5 heteroatoms. The van der Waals surface area contributed by atoms with Crippen LogP contribution in [0.15, 0.2) is 24.3 Å². The van der Waals surface area contributed by atoms with Crippen LogP contribution in [0.25, 0.3) is 0 Å². The SMILES string of the molecule is CCCCN(CCO)C(=O)c1ccc(C(=O)O)cc1. The van der Waals surface area contributed by atoms with E-state index in [9.17, 15) is 9.59 Å². The third kappa shape index (κ3) is 4.37. The van der Waals surface area contributed by atoms with Crippen molar-refractivity contribution in [1.29, 1.82) is 0 Å². The Bertz CT molecular complexity index is 428. The van der Waals surface area contributed by atoms with Gasteiger partial charge in [0, 0.05) is 18.7 Å². The first-order chi connectivity index (χ1) is 9.10. The molecule has 104 valence electrons. The molecule has 0 unspecified atom stereocenters. The minimum Gasteiger partial charge on any atom is -0.478 e. The van der Waals surface area contributed by atoms with E-state index in [2.05, 4.69) is 0 Å². The van der Waals surface area contributed by atoms with Crippen LogP contribution in [0.3, 0.4) is 0 Å². The molecule has 0 atom stereocenters. The van der Waals surface area contributed by atoms with Gasteiger partial charge in [0.15, 0.2) is 0 Å². The zero-order chi connectivity index (χ0) is 14.3. The summed E-state index contributed by atoms with van der Waals surface area (Å²) in [6.07, 6.45) is 1.84. The zero-order valence-electron chi connectivity index (χ0n) is 11.0. The molecule has 0 saturated carbocycles. The summed E-state index contributed by atoms with van der Waals surface area (Å²) in [5, 5.41) is 17.8.